The molecule has 2 heterocycles. The highest BCUT2D eigenvalue weighted by molar-refractivity contribution is 8.00. The molecule has 1 amide bonds. The maximum Gasteiger partial charge on any atom is 0.230 e. The lowest BCUT2D eigenvalue weighted by Crippen LogP contribution is -2.36. The number of hydrogen-bond donors (Lipinski definition) is 1. The Balaban J connectivity index is 1.53. The SMILES string of the molecule is O=C(C1CCCCC1)N1Cc2cccnc2Nc2ccc(SC3CC3)cc21. The van der Waals surface area contributed by atoms with Crippen LogP contribution in [0.2, 0.25) is 0 Å². The average Bonchev–Trinajstić information content (AvgIpc) is 3.54. The van der Waals surface area contributed by atoms with Crippen molar-refractivity contribution in [2.75, 3.05) is 10.2 Å². The van der Waals surface area contributed by atoms with Gasteiger partial charge in [-0.25, -0.2) is 4.98 Å². The Kier molecular flexibility index (Phi) is 4.56. The molecule has 0 bridgehead atoms. The van der Waals surface area contributed by atoms with Gasteiger partial charge in [0.25, 0.3) is 0 Å². The van der Waals surface area contributed by atoms with E-state index < -0.39 is 0 Å². The van der Waals surface area contributed by atoms with Gasteiger partial charge >= 0.3 is 0 Å². The third kappa shape index (κ3) is 3.57. The molecular formula is C22H25N3OS. The van der Waals surface area contributed by atoms with E-state index in [1.165, 1.54) is 37.0 Å². The van der Waals surface area contributed by atoms with Gasteiger partial charge < -0.3 is 10.2 Å². The van der Waals surface area contributed by atoms with Crippen molar-refractivity contribution in [3.63, 3.8) is 0 Å². The standard InChI is InChI=1S/C22H25N3OS/c26-22(15-5-2-1-3-6-15)25-14-16-7-4-12-23-21(16)24-19-11-10-18(13-20(19)25)27-17-8-9-17/h4,7,10-13,15,17H,1-3,5-6,8-9,14H2,(H,23,24). The summed E-state index contributed by atoms with van der Waals surface area (Å²) in [5.74, 6) is 1.30. The van der Waals surface area contributed by atoms with Gasteiger partial charge in [-0.15, -0.1) is 11.8 Å². The number of rotatable bonds is 3. The van der Waals surface area contributed by atoms with Crippen molar-refractivity contribution in [3.05, 3.63) is 42.1 Å². The molecule has 2 aromatic rings. The Labute approximate surface area is 164 Å². The lowest BCUT2D eigenvalue weighted by atomic mass is 9.88. The molecule has 1 aliphatic heterocycles. The number of carbonyl (C=O) groups is 1. The molecule has 27 heavy (non-hydrogen) atoms. The first kappa shape index (κ1) is 17.1. The van der Waals surface area contributed by atoms with Gasteiger partial charge in [0.2, 0.25) is 5.91 Å². The van der Waals surface area contributed by atoms with Crippen LogP contribution in [0.25, 0.3) is 0 Å². The summed E-state index contributed by atoms with van der Waals surface area (Å²) < 4.78 is 0. The van der Waals surface area contributed by atoms with Crippen LogP contribution in [0, 0.1) is 5.92 Å². The first-order valence-corrected chi connectivity index (χ1v) is 11.0. The number of anilines is 3. The molecule has 0 radical (unpaired) electrons. The van der Waals surface area contributed by atoms with Gasteiger partial charge in [0, 0.05) is 27.8 Å². The predicted molar refractivity (Wildman–Crippen MR) is 111 cm³/mol. The van der Waals surface area contributed by atoms with Crippen LogP contribution in [0.5, 0.6) is 0 Å². The highest BCUT2D eigenvalue weighted by Crippen LogP contribution is 2.43. The number of aromatic nitrogens is 1. The van der Waals surface area contributed by atoms with E-state index in [2.05, 4.69) is 34.6 Å². The second kappa shape index (κ2) is 7.19. The van der Waals surface area contributed by atoms with E-state index in [0.29, 0.717) is 6.54 Å². The van der Waals surface area contributed by atoms with Crippen LogP contribution in [0.1, 0.15) is 50.5 Å². The molecule has 5 rings (SSSR count). The molecule has 0 unspecified atom stereocenters. The van der Waals surface area contributed by atoms with Crippen LogP contribution < -0.4 is 10.2 Å². The summed E-state index contributed by atoms with van der Waals surface area (Å²) in [7, 11) is 0. The second-order valence-electron chi connectivity index (χ2n) is 7.89. The number of pyridine rings is 1. The van der Waals surface area contributed by atoms with Gasteiger partial charge in [-0.3, -0.25) is 4.79 Å². The van der Waals surface area contributed by atoms with E-state index in [9.17, 15) is 4.79 Å². The molecule has 4 nitrogen and oxygen atoms in total. The Morgan fingerprint density at radius 2 is 1.96 bits per heavy atom. The van der Waals surface area contributed by atoms with E-state index in [1.807, 2.05) is 22.7 Å². The summed E-state index contributed by atoms with van der Waals surface area (Å²) in [6.07, 6.45) is 10.1. The molecule has 2 aliphatic carbocycles. The number of carbonyl (C=O) groups excluding carboxylic acids is 1. The summed E-state index contributed by atoms with van der Waals surface area (Å²) in [6, 6.07) is 10.5. The monoisotopic (exact) mass is 379 g/mol. The lowest BCUT2D eigenvalue weighted by Gasteiger charge is -2.29. The van der Waals surface area contributed by atoms with Crippen LogP contribution >= 0.6 is 11.8 Å². The third-order valence-electron chi connectivity index (χ3n) is 5.78. The maximum atomic E-state index is 13.5. The number of hydrogen-bond acceptors (Lipinski definition) is 4. The molecule has 2 saturated carbocycles. The number of nitrogens with zero attached hydrogens (tertiary/aromatic N) is 2. The molecule has 0 spiro atoms. The fourth-order valence-electron chi connectivity index (χ4n) is 4.12. The first-order chi connectivity index (χ1) is 13.3. The van der Waals surface area contributed by atoms with Crippen LogP contribution in [-0.2, 0) is 11.3 Å². The third-order valence-corrected chi connectivity index (χ3v) is 7.11. The highest BCUT2D eigenvalue weighted by Gasteiger charge is 2.31. The summed E-state index contributed by atoms with van der Waals surface area (Å²) in [5.41, 5.74) is 3.07. The molecular weight excluding hydrogens is 354 g/mol. The van der Waals surface area contributed by atoms with Crippen molar-refractivity contribution >= 4 is 34.9 Å². The number of fused-ring (bicyclic) bond motifs is 2. The molecule has 0 saturated heterocycles. The van der Waals surface area contributed by atoms with Gasteiger partial charge in [0.1, 0.15) is 5.82 Å². The number of benzene rings is 1. The van der Waals surface area contributed by atoms with Crippen molar-refractivity contribution < 1.29 is 4.79 Å². The smallest absolute Gasteiger partial charge is 0.230 e. The molecule has 1 aromatic carbocycles. The predicted octanol–water partition coefficient (Wildman–Crippen LogP) is 5.51. The van der Waals surface area contributed by atoms with Gasteiger partial charge in [0.05, 0.1) is 17.9 Å². The molecule has 0 atom stereocenters. The fourth-order valence-corrected chi connectivity index (χ4v) is 5.20. The number of nitrogens with one attached hydrogen (secondary N) is 1. The van der Waals surface area contributed by atoms with Crippen LogP contribution in [0.3, 0.4) is 0 Å². The lowest BCUT2D eigenvalue weighted by molar-refractivity contribution is -0.123. The summed E-state index contributed by atoms with van der Waals surface area (Å²) in [5, 5.41) is 4.23. The largest absolute Gasteiger partial charge is 0.338 e. The number of amides is 1. The summed E-state index contributed by atoms with van der Waals surface area (Å²) >= 11 is 1.94. The molecule has 5 heteroatoms. The van der Waals surface area contributed by atoms with Crippen LogP contribution in [0.15, 0.2) is 41.4 Å². The quantitative estimate of drug-likeness (QED) is 0.764. The van der Waals surface area contributed by atoms with Crippen LogP contribution in [-0.4, -0.2) is 16.1 Å². The maximum absolute atomic E-state index is 13.5. The van der Waals surface area contributed by atoms with E-state index >= 15 is 0 Å². The Morgan fingerprint density at radius 3 is 2.78 bits per heavy atom. The zero-order valence-electron chi connectivity index (χ0n) is 15.5. The van der Waals surface area contributed by atoms with Gasteiger partial charge in [-0.2, -0.15) is 0 Å². The van der Waals surface area contributed by atoms with Crippen molar-refractivity contribution in [2.45, 2.75) is 61.6 Å². The van der Waals surface area contributed by atoms with Crippen molar-refractivity contribution in [1.29, 1.82) is 0 Å². The molecule has 140 valence electrons. The number of thioether (sulfide) groups is 1. The molecule has 3 aliphatic rings. The Hall–Kier alpha value is -2.01. The van der Waals surface area contributed by atoms with Crippen molar-refractivity contribution in [3.8, 4) is 0 Å². The zero-order chi connectivity index (χ0) is 18.2. The normalized spacial score (nSPS) is 19.6. The second-order valence-corrected chi connectivity index (χ2v) is 9.27. The highest BCUT2D eigenvalue weighted by atomic mass is 32.2. The van der Waals surface area contributed by atoms with Crippen molar-refractivity contribution in [2.24, 2.45) is 5.92 Å². The Bertz CT molecular complexity index is 858. The van der Waals surface area contributed by atoms with E-state index in [-0.39, 0.29) is 11.8 Å². The van der Waals surface area contributed by atoms with Crippen LogP contribution in [0.4, 0.5) is 17.2 Å². The minimum absolute atomic E-state index is 0.157. The van der Waals surface area contributed by atoms with E-state index in [4.69, 9.17) is 0 Å². The van der Waals surface area contributed by atoms with Gasteiger partial charge in [0.15, 0.2) is 0 Å². The first-order valence-electron chi connectivity index (χ1n) is 10.1. The topological polar surface area (TPSA) is 45.2 Å². The van der Waals surface area contributed by atoms with E-state index in [1.54, 1.807) is 6.20 Å². The van der Waals surface area contributed by atoms with Crippen molar-refractivity contribution in [1.82, 2.24) is 4.98 Å². The summed E-state index contributed by atoms with van der Waals surface area (Å²) in [4.78, 5) is 21.3. The van der Waals surface area contributed by atoms with Gasteiger partial charge in [-0.05, 0) is 49.9 Å². The average molecular weight is 380 g/mol. The molecule has 1 aromatic heterocycles. The summed E-state index contributed by atoms with van der Waals surface area (Å²) in [6.45, 7) is 0.593. The Morgan fingerprint density at radius 1 is 1.11 bits per heavy atom. The zero-order valence-corrected chi connectivity index (χ0v) is 16.3. The fraction of sp³-hybridized carbons (Fsp3) is 0.455. The van der Waals surface area contributed by atoms with Gasteiger partial charge in [-0.1, -0.05) is 25.3 Å². The molecule has 2 fully saturated rings. The minimum Gasteiger partial charge on any atom is -0.338 e. The molecule has 1 N–H and O–H groups in total. The van der Waals surface area contributed by atoms with E-state index in [0.717, 1.165) is 40.8 Å². The minimum atomic E-state index is 0.157.